The quantitative estimate of drug-likeness (QED) is 0.749. The van der Waals surface area contributed by atoms with Gasteiger partial charge in [-0.1, -0.05) is 12.1 Å². The number of rotatable bonds is 3. The molecule has 1 aromatic heterocycles. The van der Waals surface area contributed by atoms with E-state index in [0.717, 1.165) is 0 Å². The van der Waals surface area contributed by atoms with Gasteiger partial charge in [-0.25, -0.2) is 4.98 Å². The standard InChI is InChI=1S/C11H11N3O2/c12-8-3-1-2-4-9(8)16-7-10-13-6-5-11(15)14-10/h1-6H,7,12H2,(H,13,14,15). The SMILES string of the molecule is Nc1ccccc1OCc1nccc(=O)[nH]1. The Labute approximate surface area is 91.9 Å². The van der Waals surface area contributed by atoms with E-state index in [9.17, 15) is 4.79 Å². The minimum absolute atomic E-state index is 0.185. The molecule has 2 aromatic rings. The molecule has 0 saturated heterocycles. The molecule has 0 aliphatic heterocycles. The van der Waals surface area contributed by atoms with E-state index in [1.807, 2.05) is 12.1 Å². The summed E-state index contributed by atoms with van der Waals surface area (Å²) in [5.41, 5.74) is 6.05. The molecule has 3 N–H and O–H groups in total. The lowest BCUT2D eigenvalue weighted by Crippen LogP contribution is -2.11. The molecule has 0 aliphatic rings. The van der Waals surface area contributed by atoms with Gasteiger partial charge in [0.05, 0.1) is 5.69 Å². The summed E-state index contributed by atoms with van der Waals surface area (Å²) >= 11 is 0. The van der Waals surface area contributed by atoms with Gasteiger partial charge in [0.25, 0.3) is 5.56 Å². The number of ether oxygens (including phenoxy) is 1. The van der Waals surface area contributed by atoms with Crippen LogP contribution in [0.4, 0.5) is 5.69 Å². The summed E-state index contributed by atoms with van der Waals surface area (Å²) in [5.74, 6) is 1.05. The second kappa shape index (κ2) is 4.48. The van der Waals surface area contributed by atoms with Crippen molar-refractivity contribution in [2.75, 3.05) is 5.73 Å². The molecule has 2 rings (SSSR count). The van der Waals surface area contributed by atoms with E-state index in [1.54, 1.807) is 12.1 Å². The predicted molar refractivity (Wildman–Crippen MR) is 60.0 cm³/mol. The van der Waals surface area contributed by atoms with Crippen LogP contribution in [-0.4, -0.2) is 9.97 Å². The minimum atomic E-state index is -0.199. The molecule has 0 atom stereocenters. The summed E-state index contributed by atoms with van der Waals surface area (Å²) in [5, 5.41) is 0. The van der Waals surface area contributed by atoms with Crippen molar-refractivity contribution >= 4 is 5.69 Å². The second-order valence-corrected chi connectivity index (χ2v) is 3.21. The molecule has 5 heteroatoms. The van der Waals surface area contributed by atoms with Crippen LogP contribution in [0.3, 0.4) is 0 Å². The van der Waals surface area contributed by atoms with E-state index >= 15 is 0 Å². The predicted octanol–water partition coefficient (Wildman–Crippen LogP) is 0.931. The van der Waals surface area contributed by atoms with Gasteiger partial charge in [-0.05, 0) is 12.1 Å². The van der Waals surface area contributed by atoms with Crippen molar-refractivity contribution in [1.29, 1.82) is 0 Å². The van der Waals surface area contributed by atoms with Crippen LogP contribution in [-0.2, 0) is 6.61 Å². The third kappa shape index (κ3) is 2.38. The summed E-state index contributed by atoms with van der Waals surface area (Å²) in [4.78, 5) is 17.5. The number of hydrogen-bond acceptors (Lipinski definition) is 4. The first-order valence-electron chi connectivity index (χ1n) is 4.77. The van der Waals surface area contributed by atoms with Gasteiger partial charge in [-0.3, -0.25) is 4.79 Å². The Morgan fingerprint density at radius 3 is 2.88 bits per heavy atom. The summed E-state index contributed by atoms with van der Waals surface area (Å²) in [6, 6.07) is 8.50. The number of anilines is 1. The van der Waals surface area contributed by atoms with Crippen LogP contribution in [0.5, 0.6) is 5.75 Å². The number of hydrogen-bond donors (Lipinski definition) is 2. The molecule has 1 heterocycles. The molecule has 1 aromatic carbocycles. The Bertz CT molecular complexity index is 537. The van der Waals surface area contributed by atoms with Gasteiger partial charge in [-0.2, -0.15) is 0 Å². The van der Waals surface area contributed by atoms with E-state index < -0.39 is 0 Å². The number of para-hydroxylation sites is 2. The number of nitrogens with zero attached hydrogens (tertiary/aromatic N) is 1. The molecule has 0 fully saturated rings. The van der Waals surface area contributed by atoms with Crippen LogP contribution >= 0.6 is 0 Å². The first-order chi connectivity index (χ1) is 7.75. The van der Waals surface area contributed by atoms with Gasteiger partial charge in [0.2, 0.25) is 0 Å². The molecule has 0 unspecified atom stereocenters. The van der Waals surface area contributed by atoms with E-state index in [-0.39, 0.29) is 12.2 Å². The maximum atomic E-state index is 11.0. The average Bonchev–Trinajstić information content (AvgIpc) is 2.28. The number of aromatic amines is 1. The van der Waals surface area contributed by atoms with Crippen LogP contribution in [0.1, 0.15) is 5.82 Å². The molecular weight excluding hydrogens is 206 g/mol. The molecular formula is C11H11N3O2. The topological polar surface area (TPSA) is 81.0 Å². The van der Waals surface area contributed by atoms with Gasteiger partial charge >= 0.3 is 0 Å². The minimum Gasteiger partial charge on any atom is -0.484 e. The first kappa shape index (κ1) is 10.2. The lowest BCUT2D eigenvalue weighted by molar-refractivity contribution is 0.297. The van der Waals surface area contributed by atoms with Crippen molar-refractivity contribution in [1.82, 2.24) is 9.97 Å². The smallest absolute Gasteiger partial charge is 0.250 e. The zero-order valence-electron chi connectivity index (χ0n) is 8.51. The Hall–Kier alpha value is -2.30. The van der Waals surface area contributed by atoms with Crippen LogP contribution in [0.2, 0.25) is 0 Å². The monoisotopic (exact) mass is 217 g/mol. The summed E-state index contributed by atoms with van der Waals surface area (Å²) < 4.78 is 5.42. The maximum Gasteiger partial charge on any atom is 0.250 e. The van der Waals surface area contributed by atoms with Crippen molar-refractivity contribution in [3.63, 3.8) is 0 Å². The molecule has 0 aliphatic carbocycles. The van der Waals surface area contributed by atoms with Crippen LogP contribution in [0.25, 0.3) is 0 Å². The highest BCUT2D eigenvalue weighted by Crippen LogP contribution is 2.20. The Morgan fingerprint density at radius 1 is 1.31 bits per heavy atom. The molecule has 0 bridgehead atoms. The number of H-pyrrole nitrogens is 1. The highest BCUT2D eigenvalue weighted by atomic mass is 16.5. The van der Waals surface area contributed by atoms with Crippen LogP contribution in [0, 0.1) is 0 Å². The summed E-state index contributed by atoms with van der Waals surface area (Å²) in [7, 11) is 0. The highest BCUT2D eigenvalue weighted by molar-refractivity contribution is 5.51. The Morgan fingerprint density at radius 2 is 2.12 bits per heavy atom. The molecule has 16 heavy (non-hydrogen) atoms. The molecule has 0 spiro atoms. The largest absolute Gasteiger partial charge is 0.484 e. The van der Waals surface area contributed by atoms with Gasteiger partial charge in [-0.15, -0.1) is 0 Å². The van der Waals surface area contributed by atoms with Gasteiger partial charge in [0.15, 0.2) is 0 Å². The number of nitrogens with one attached hydrogen (secondary N) is 1. The third-order valence-electron chi connectivity index (χ3n) is 2.01. The van der Waals surface area contributed by atoms with Crippen molar-refractivity contribution in [3.8, 4) is 5.75 Å². The van der Waals surface area contributed by atoms with Gasteiger partial charge < -0.3 is 15.5 Å². The normalized spacial score (nSPS) is 10.0. The van der Waals surface area contributed by atoms with E-state index in [1.165, 1.54) is 12.3 Å². The Balaban J connectivity index is 2.08. The summed E-state index contributed by atoms with van der Waals surface area (Å²) in [6.07, 6.45) is 1.44. The number of benzene rings is 1. The van der Waals surface area contributed by atoms with Crippen molar-refractivity contribution in [3.05, 3.63) is 52.7 Å². The zero-order valence-corrected chi connectivity index (χ0v) is 8.51. The number of nitrogen functional groups attached to an aromatic ring is 1. The highest BCUT2D eigenvalue weighted by Gasteiger charge is 2.00. The van der Waals surface area contributed by atoms with Crippen molar-refractivity contribution in [2.45, 2.75) is 6.61 Å². The molecule has 0 saturated carbocycles. The molecule has 5 nitrogen and oxygen atoms in total. The second-order valence-electron chi connectivity index (χ2n) is 3.21. The van der Waals surface area contributed by atoms with E-state index in [0.29, 0.717) is 17.3 Å². The first-order valence-corrected chi connectivity index (χ1v) is 4.77. The summed E-state index contributed by atoms with van der Waals surface area (Å²) in [6.45, 7) is 0.185. The van der Waals surface area contributed by atoms with E-state index in [4.69, 9.17) is 10.5 Å². The fourth-order valence-electron chi connectivity index (χ4n) is 1.24. The average molecular weight is 217 g/mol. The van der Waals surface area contributed by atoms with Crippen LogP contribution < -0.4 is 16.0 Å². The number of aromatic nitrogens is 2. The lowest BCUT2D eigenvalue weighted by atomic mass is 10.3. The van der Waals surface area contributed by atoms with Gasteiger partial charge in [0.1, 0.15) is 18.2 Å². The Kier molecular flexibility index (Phi) is 2.86. The van der Waals surface area contributed by atoms with Crippen LogP contribution in [0.15, 0.2) is 41.3 Å². The zero-order chi connectivity index (χ0) is 11.4. The van der Waals surface area contributed by atoms with Gasteiger partial charge in [0, 0.05) is 12.3 Å². The van der Waals surface area contributed by atoms with Crippen molar-refractivity contribution in [2.24, 2.45) is 0 Å². The molecule has 82 valence electrons. The lowest BCUT2D eigenvalue weighted by Gasteiger charge is -2.07. The third-order valence-corrected chi connectivity index (χ3v) is 2.01. The van der Waals surface area contributed by atoms with E-state index in [2.05, 4.69) is 9.97 Å². The molecule has 0 radical (unpaired) electrons. The fraction of sp³-hybridized carbons (Fsp3) is 0.0909. The number of nitrogens with two attached hydrogens (primary N) is 1. The maximum absolute atomic E-state index is 11.0. The molecule has 0 amide bonds. The van der Waals surface area contributed by atoms with Crippen molar-refractivity contribution < 1.29 is 4.74 Å². The fourth-order valence-corrected chi connectivity index (χ4v) is 1.24.